The smallest absolute Gasteiger partial charge is 0.166 e. The van der Waals surface area contributed by atoms with Crippen molar-refractivity contribution in [1.29, 1.82) is 0 Å². The monoisotopic (exact) mass is 358 g/mol. The van der Waals surface area contributed by atoms with Crippen LogP contribution < -0.4 is 9.47 Å². The number of halogens is 2. The van der Waals surface area contributed by atoms with Crippen molar-refractivity contribution in [3.63, 3.8) is 0 Å². The molecular weight excluding hydrogens is 344 g/mol. The van der Waals surface area contributed by atoms with Crippen LogP contribution >= 0.6 is 27.5 Å². The highest BCUT2D eigenvalue weighted by Crippen LogP contribution is 2.33. The number of para-hydroxylation sites is 1. The van der Waals surface area contributed by atoms with Crippen LogP contribution in [0.2, 0.25) is 0 Å². The second kappa shape index (κ2) is 6.50. The van der Waals surface area contributed by atoms with Gasteiger partial charge in [0.2, 0.25) is 0 Å². The molecule has 0 saturated heterocycles. The second-order valence-corrected chi connectivity index (χ2v) is 5.40. The number of methoxy groups -OCH3 is 1. The molecule has 0 fully saturated rings. The molecule has 1 aromatic heterocycles. The zero-order valence-corrected chi connectivity index (χ0v) is 14.0. The number of ether oxygens (including phenoxy) is 2. The highest BCUT2D eigenvalue weighted by atomic mass is 79.9. The van der Waals surface area contributed by atoms with Crippen molar-refractivity contribution in [3.05, 3.63) is 39.6 Å². The molecule has 0 saturated carbocycles. The van der Waals surface area contributed by atoms with Crippen molar-refractivity contribution in [1.82, 2.24) is 9.78 Å². The third-order valence-corrected chi connectivity index (χ3v) is 4.36. The standard InChI is InChI=1S/C14H16BrClN2O2/c1-9-13(15)11(18(2)17-9)8-20-14-10(7-16)5-4-6-12(14)19-3/h4-6H,7-8H2,1-3H3. The lowest BCUT2D eigenvalue weighted by molar-refractivity contribution is 0.273. The molecule has 0 unspecified atom stereocenters. The van der Waals surface area contributed by atoms with Crippen molar-refractivity contribution >= 4 is 27.5 Å². The van der Waals surface area contributed by atoms with E-state index in [2.05, 4.69) is 21.0 Å². The van der Waals surface area contributed by atoms with E-state index >= 15 is 0 Å². The Bertz CT molecular complexity index is 591. The van der Waals surface area contributed by atoms with Gasteiger partial charge in [-0.15, -0.1) is 11.6 Å². The van der Waals surface area contributed by atoms with Crippen molar-refractivity contribution in [2.45, 2.75) is 19.4 Å². The van der Waals surface area contributed by atoms with Gasteiger partial charge in [0.05, 0.1) is 28.9 Å². The van der Waals surface area contributed by atoms with Gasteiger partial charge in [-0.3, -0.25) is 4.68 Å². The van der Waals surface area contributed by atoms with Crippen molar-refractivity contribution in [2.24, 2.45) is 7.05 Å². The van der Waals surface area contributed by atoms with E-state index < -0.39 is 0 Å². The maximum atomic E-state index is 5.95. The molecule has 0 aliphatic carbocycles. The van der Waals surface area contributed by atoms with Crippen LogP contribution in [0.3, 0.4) is 0 Å². The Morgan fingerprint density at radius 3 is 2.70 bits per heavy atom. The predicted octanol–water partition coefficient (Wildman–Crippen LogP) is 3.82. The van der Waals surface area contributed by atoms with Crippen LogP contribution in [-0.2, 0) is 19.5 Å². The number of hydrogen-bond donors (Lipinski definition) is 0. The molecule has 0 aliphatic heterocycles. The molecular formula is C14H16BrClN2O2. The molecule has 0 atom stereocenters. The van der Waals surface area contributed by atoms with Crippen LogP contribution in [0.1, 0.15) is 17.0 Å². The molecule has 20 heavy (non-hydrogen) atoms. The fourth-order valence-electron chi connectivity index (χ4n) is 1.97. The molecule has 4 nitrogen and oxygen atoms in total. The van der Waals surface area contributed by atoms with E-state index in [0.717, 1.165) is 21.4 Å². The minimum atomic E-state index is 0.373. The number of benzene rings is 1. The quantitative estimate of drug-likeness (QED) is 0.762. The normalized spacial score (nSPS) is 10.7. The first-order chi connectivity index (χ1) is 9.58. The summed E-state index contributed by atoms with van der Waals surface area (Å²) in [5, 5.41) is 4.34. The maximum Gasteiger partial charge on any atom is 0.166 e. The lowest BCUT2D eigenvalue weighted by atomic mass is 10.2. The van der Waals surface area contributed by atoms with Gasteiger partial charge < -0.3 is 9.47 Å². The highest BCUT2D eigenvalue weighted by Gasteiger charge is 2.14. The van der Waals surface area contributed by atoms with E-state index in [1.54, 1.807) is 11.8 Å². The maximum absolute atomic E-state index is 5.95. The minimum absolute atomic E-state index is 0.373. The first kappa shape index (κ1) is 15.2. The Hall–Kier alpha value is -1.20. The van der Waals surface area contributed by atoms with Crippen LogP contribution in [0.15, 0.2) is 22.7 Å². The summed E-state index contributed by atoms with van der Waals surface area (Å²) in [6.45, 7) is 2.34. The second-order valence-electron chi connectivity index (χ2n) is 4.34. The number of alkyl halides is 1. The minimum Gasteiger partial charge on any atom is -0.493 e. The zero-order chi connectivity index (χ0) is 14.7. The molecule has 0 bridgehead atoms. The van der Waals surface area contributed by atoms with Gasteiger partial charge in [0.15, 0.2) is 11.5 Å². The molecule has 0 N–H and O–H groups in total. The summed E-state index contributed by atoms with van der Waals surface area (Å²) in [5.74, 6) is 1.73. The number of nitrogens with zero attached hydrogens (tertiary/aromatic N) is 2. The van der Waals surface area contributed by atoms with Gasteiger partial charge in [0.25, 0.3) is 0 Å². The van der Waals surface area contributed by atoms with Crippen molar-refractivity contribution in [2.75, 3.05) is 7.11 Å². The Labute approximate surface area is 131 Å². The van der Waals surface area contributed by atoms with E-state index in [-0.39, 0.29) is 0 Å². The van der Waals surface area contributed by atoms with Gasteiger partial charge in [0.1, 0.15) is 6.61 Å². The van der Waals surface area contributed by atoms with Gasteiger partial charge in [0, 0.05) is 12.6 Å². The molecule has 1 aromatic carbocycles. The van der Waals surface area contributed by atoms with Crippen molar-refractivity contribution < 1.29 is 9.47 Å². The molecule has 6 heteroatoms. The van der Waals surface area contributed by atoms with Crippen LogP contribution in [-0.4, -0.2) is 16.9 Å². The summed E-state index contributed by atoms with van der Waals surface area (Å²) in [6.07, 6.45) is 0. The Balaban J connectivity index is 2.26. The predicted molar refractivity (Wildman–Crippen MR) is 82.5 cm³/mol. The van der Waals surface area contributed by atoms with Crippen LogP contribution in [0, 0.1) is 6.92 Å². The van der Waals surface area contributed by atoms with Gasteiger partial charge in [-0.05, 0) is 28.9 Å². The summed E-state index contributed by atoms with van der Waals surface area (Å²) in [4.78, 5) is 0. The number of aromatic nitrogens is 2. The Morgan fingerprint density at radius 1 is 1.40 bits per heavy atom. The van der Waals surface area contributed by atoms with Gasteiger partial charge in [-0.25, -0.2) is 0 Å². The summed E-state index contributed by atoms with van der Waals surface area (Å²) in [6, 6.07) is 5.68. The third kappa shape index (κ3) is 2.94. The molecule has 0 radical (unpaired) electrons. The van der Waals surface area contributed by atoms with Crippen LogP contribution in [0.25, 0.3) is 0 Å². The summed E-state index contributed by atoms with van der Waals surface area (Å²) in [7, 11) is 3.51. The van der Waals surface area contributed by atoms with E-state index in [0.29, 0.717) is 24.0 Å². The van der Waals surface area contributed by atoms with E-state index in [9.17, 15) is 0 Å². The molecule has 2 aromatic rings. The van der Waals surface area contributed by atoms with Crippen LogP contribution in [0.4, 0.5) is 0 Å². The SMILES string of the molecule is COc1cccc(CCl)c1OCc1c(Br)c(C)nn1C. The molecule has 1 heterocycles. The van der Waals surface area contributed by atoms with Gasteiger partial charge in [-0.1, -0.05) is 12.1 Å². The topological polar surface area (TPSA) is 36.3 Å². The Kier molecular flexibility index (Phi) is 4.94. The largest absolute Gasteiger partial charge is 0.493 e. The molecule has 0 spiro atoms. The third-order valence-electron chi connectivity index (χ3n) is 3.04. The Morgan fingerprint density at radius 2 is 2.15 bits per heavy atom. The molecule has 2 rings (SSSR count). The lowest BCUT2D eigenvalue weighted by Gasteiger charge is -2.14. The number of rotatable bonds is 5. The molecule has 0 amide bonds. The van der Waals surface area contributed by atoms with Gasteiger partial charge >= 0.3 is 0 Å². The van der Waals surface area contributed by atoms with E-state index in [1.807, 2.05) is 32.2 Å². The van der Waals surface area contributed by atoms with Crippen molar-refractivity contribution in [3.8, 4) is 11.5 Å². The summed E-state index contributed by atoms with van der Waals surface area (Å²) in [5.41, 5.74) is 2.80. The average molecular weight is 360 g/mol. The molecule has 0 aliphatic rings. The summed E-state index contributed by atoms with van der Waals surface area (Å²) >= 11 is 9.47. The van der Waals surface area contributed by atoms with Gasteiger partial charge in [-0.2, -0.15) is 5.10 Å². The van der Waals surface area contributed by atoms with E-state index in [4.69, 9.17) is 21.1 Å². The summed E-state index contributed by atoms with van der Waals surface area (Å²) < 4.78 is 14.0. The number of hydrogen-bond acceptors (Lipinski definition) is 3. The molecule has 108 valence electrons. The van der Waals surface area contributed by atoms with Crippen LogP contribution in [0.5, 0.6) is 11.5 Å². The fourth-order valence-corrected chi connectivity index (χ4v) is 2.63. The highest BCUT2D eigenvalue weighted by molar-refractivity contribution is 9.10. The average Bonchev–Trinajstić information content (AvgIpc) is 2.69. The fraction of sp³-hybridized carbons (Fsp3) is 0.357. The lowest BCUT2D eigenvalue weighted by Crippen LogP contribution is -2.05. The van der Waals surface area contributed by atoms with E-state index in [1.165, 1.54) is 0 Å². The number of aryl methyl sites for hydroxylation is 2. The first-order valence-electron chi connectivity index (χ1n) is 6.11. The first-order valence-corrected chi connectivity index (χ1v) is 7.43. The zero-order valence-electron chi connectivity index (χ0n) is 11.6.